The molecule has 1 aromatic rings. The molecule has 1 aliphatic rings. The van der Waals surface area contributed by atoms with Crippen molar-refractivity contribution in [3.8, 4) is 0 Å². The van der Waals surface area contributed by atoms with Crippen LogP contribution in [0.25, 0.3) is 0 Å². The van der Waals surface area contributed by atoms with Crippen LogP contribution in [0.2, 0.25) is 0 Å². The lowest BCUT2D eigenvalue weighted by atomic mass is 10.1. The van der Waals surface area contributed by atoms with Crippen molar-refractivity contribution >= 4 is 11.6 Å². The molecular formula is C12H18F2N4O. The Morgan fingerprint density at radius 2 is 2.11 bits per heavy atom. The van der Waals surface area contributed by atoms with Crippen LogP contribution in [0.3, 0.4) is 0 Å². The molecule has 0 amide bonds. The van der Waals surface area contributed by atoms with Gasteiger partial charge in [-0.15, -0.1) is 0 Å². The molecule has 0 radical (unpaired) electrons. The zero-order chi connectivity index (χ0) is 13.7. The Bertz CT molecular complexity index is 424. The Morgan fingerprint density at radius 3 is 2.79 bits per heavy atom. The van der Waals surface area contributed by atoms with Gasteiger partial charge >= 0.3 is 0 Å². The number of pyridine rings is 1. The Morgan fingerprint density at radius 1 is 1.32 bits per heavy atom. The highest BCUT2D eigenvalue weighted by molar-refractivity contribution is 5.46. The van der Waals surface area contributed by atoms with Gasteiger partial charge in [-0.1, -0.05) is 0 Å². The van der Waals surface area contributed by atoms with Gasteiger partial charge in [-0.2, -0.15) is 0 Å². The van der Waals surface area contributed by atoms with Gasteiger partial charge in [0.05, 0.1) is 6.10 Å². The molecule has 2 heterocycles. The van der Waals surface area contributed by atoms with E-state index in [-0.39, 0.29) is 17.7 Å². The molecular weight excluding hydrogens is 254 g/mol. The molecule has 106 valence electrons. The third-order valence-corrected chi connectivity index (χ3v) is 3.10. The van der Waals surface area contributed by atoms with Gasteiger partial charge in [0.25, 0.3) is 0 Å². The zero-order valence-corrected chi connectivity index (χ0v) is 10.6. The van der Waals surface area contributed by atoms with E-state index in [2.05, 4.69) is 15.7 Å². The van der Waals surface area contributed by atoms with Crippen LogP contribution in [0.5, 0.6) is 0 Å². The first-order valence-corrected chi connectivity index (χ1v) is 6.39. The number of halogens is 2. The van der Waals surface area contributed by atoms with E-state index in [0.29, 0.717) is 6.54 Å². The van der Waals surface area contributed by atoms with Crippen molar-refractivity contribution in [2.75, 3.05) is 23.9 Å². The van der Waals surface area contributed by atoms with Crippen molar-refractivity contribution in [1.29, 1.82) is 0 Å². The van der Waals surface area contributed by atoms with E-state index >= 15 is 0 Å². The number of nitrogen functional groups attached to an aromatic ring is 1. The third kappa shape index (κ3) is 3.74. The maximum absolute atomic E-state index is 13.5. The van der Waals surface area contributed by atoms with Crippen molar-refractivity contribution < 1.29 is 13.5 Å². The number of nitrogens with two attached hydrogens (primary N) is 1. The molecule has 5 nitrogen and oxygen atoms in total. The highest BCUT2D eigenvalue weighted by atomic mass is 19.1. The van der Waals surface area contributed by atoms with Crippen LogP contribution in [-0.2, 0) is 4.74 Å². The molecule has 0 aliphatic carbocycles. The van der Waals surface area contributed by atoms with Crippen LogP contribution in [0.4, 0.5) is 20.4 Å². The summed E-state index contributed by atoms with van der Waals surface area (Å²) < 4.78 is 32.2. The monoisotopic (exact) mass is 272 g/mol. The van der Waals surface area contributed by atoms with Gasteiger partial charge in [0, 0.05) is 19.2 Å². The summed E-state index contributed by atoms with van der Waals surface area (Å²) >= 11 is 0. The number of nitrogens with one attached hydrogen (secondary N) is 2. The SMILES string of the molecule is NNc1nc(NCCC2CCCCO2)c(F)cc1F. The predicted molar refractivity (Wildman–Crippen MR) is 68.7 cm³/mol. The van der Waals surface area contributed by atoms with E-state index in [1.807, 2.05) is 0 Å². The van der Waals surface area contributed by atoms with Crippen molar-refractivity contribution in [2.45, 2.75) is 31.8 Å². The molecule has 1 fully saturated rings. The quantitative estimate of drug-likeness (QED) is 0.565. The molecule has 4 N–H and O–H groups in total. The van der Waals surface area contributed by atoms with Gasteiger partial charge in [-0.3, -0.25) is 0 Å². The molecule has 0 saturated carbocycles. The Labute approximate surface area is 110 Å². The normalized spacial score (nSPS) is 19.2. The second-order valence-electron chi connectivity index (χ2n) is 4.50. The van der Waals surface area contributed by atoms with E-state index < -0.39 is 11.6 Å². The topological polar surface area (TPSA) is 72.2 Å². The predicted octanol–water partition coefficient (Wildman–Crippen LogP) is 2.02. The third-order valence-electron chi connectivity index (χ3n) is 3.10. The number of hydrazine groups is 1. The van der Waals surface area contributed by atoms with Crippen LogP contribution in [0.1, 0.15) is 25.7 Å². The fourth-order valence-corrected chi connectivity index (χ4v) is 2.08. The average molecular weight is 272 g/mol. The minimum Gasteiger partial charge on any atom is -0.378 e. The highest BCUT2D eigenvalue weighted by Gasteiger charge is 2.15. The fraction of sp³-hybridized carbons (Fsp3) is 0.583. The van der Waals surface area contributed by atoms with Crippen molar-refractivity contribution in [3.63, 3.8) is 0 Å². The van der Waals surface area contributed by atoms with Gasteiger partial charge in [-0.05, 0) is 25.7 Å². The molecule has 1 aromatic heterocycles. The lowest BCUT2D eigenvalue weighted by Gasteiger charge is -2.22. The molecule has 1 unspecified atom stereocenters. The smallest absolute Gasteiger partial charge is 0.178 e. The number of aromatic nitrogens is 1. The average Bonchev–Trinajstić information content (AvgIpc) is 2.42. The van der Waals surface area contributed by atoms with Crippen LogP contribution < -0.4 is 16.6 Å². The molecule has 1 saturated heterocycles. The van der Waals surface area contributed by atoms with Crippen molar-refractivity contribution in [2.24, 2.45) is 5.84 Å². The maximum atomic E-state index is 13.5. The van der Waals surface area contributed by atoms with E-state index in [1.165, 1.54) is 0 Å². The molecule has 0 aromatic carbocycles. The first-order chi connectivity index (χ1) is 9.20. The van der Waals surface area contributed by atoms with E-state index in [1.54, 1.807) is 0 Å². The molecule has 0 bridgehead atoms. The molecule has 1 atom stereocenters. The Hall–Kier alpha value is -1.47. The largest absolute Gasteiger partial charge is 0.378 e. The summed E-state index contributed by atoms with van der Waals surface area (Å²) in [6.45, 7) is 1.30. The number of hydrogen-bond acceptors (Lipinski definition) is 5. The molecule has 2 rings (SSSR count). The second kappa shape index (κ2) is 6.63. The number of ether oxygens (including phenoxy) is 1. The zero-order valence-electron chi connectivity index (χ0n) is 10.6. The van der Waals surface area contributed by atoms with Gasteiger partial charge < -0.3 is 15.5 Å². The molecule has 0 spiro atoms. The van der Waals surface area contributed by atoms with Crippen molar-refractivity contribution in [3.05, 3.63) is 17.7 Å². The summed E-state index contributed by atoms with van der Waals surface area (Å²) in [6.07, 6.45) is 4.26. The number of anilines is 2. The van der Waals surface area contributed by atoms with Crippen molar-refractivity contribution in [1.82, 2.24) is 4.98 Å². The number of hydrogen-bond donors (Lipinski definition) is 3. The lowest BCUT2D eigenvalue weighted by Crippen LogP contribution is -2.22. The van der Waals surface area contributed by atoms with Crippen LogP contribution in [0, 0.1) is 11.6 Å². The van der Waals surface area contributed by atoms with Gasteiger partial charge in [-0.25, -0.2) is 19.6 Å². The highest BCUT2D eigenvalue weighted by Crippen LogP contribution is 2.19. The summed E-state index contributed by atoms with van der Waals surface area (Å²) in [4.78, 5) is 3.73. The molecule has 19 heavy (non-hydrogen) atoms. The Kier molecular flexibility index (Phi) is 4.86. The van der Waals surface area contributed by atoms with E-state index in [0.717, 1.165) is 38.4 Å². The summed E-state index contributed by atoms with van der Waals surface area (Å²) in [5.41, 5.74) is 2.09. The fourth-order valence-electron chi connectivity index (χ4n) is 2.08. The lowest BCUT2D eigenvalue weighted by molar-refractivity contribution is 0.0134. The number of rotatable bonds is 5. The standard InChI is InChI=1S/C12H18F2N4O/c13-9-7-10(14)12(18-15)17-11(9)16-5-4-8-3-1-2-6-19-8/h7-8H,1-6,15H2,(H2,16,17,18). The second-order valence-corrected chi connectivity index (χ2v) is 4.50. The summed E-state index contributed by atoms with van der Waals surface area (Å²) in [5.74, 6) is 3.35. The first kappa shape index (κ1) is 14.0. The van der Waals surface area contributed by atoms with Crippen LogP contribution >= 0.6 is 0 Å². The summed E-state index contributed by atoms with van der Waals surface area (Å²) in [7, 11) is 0. The summed E-state index contributed by atoms with van der Waals surface area (Å²) in [6, 6.07) is 0.752. The minimum absolute atomic E-state index is 0.00911. The summed E-state index contributed by atoms with van der Waals surface area (Å²) in [5, 5.41) is 2.83. The van der Waals surface area contributed by atoms with E-state index in [4.69, 9.17) is 10.6 Å². The van der Waals surface area contributed by atoms with Gasteiger partial charge in [0.15, 0.2) is 23.3 Å². The van der Waals surface area contributed by atoms with Gasteiger partial charge in [0.2, 0.25) is 0 Å². The Balaban J connectivity index is 1.88. The maximum Gasteiger partial charge on any atom is 0.178 e. The van der Waals surface area contributed by atoms with E-state index in [9.17, 15) is 8.78 Å². The first-order valence-electron chi connectivity index (χ1n) is 6.39. The van der Waals surface area contributed by atoms with Gasteiger partial charge in [0.1, 0.15) is 0 Å². The molecule has 7 heteroatoms. The minimum atomic E-state index is -0.818. The molecule has 1 aliphatic heterocycles. The number of nitrogens with zero attached hydrogens (tertiary/aromatic N) is 1. The van der Waals surface area contributed by atoms with Crippen LogP contribution in [0.15, 0.2) is 6.07 Å². The van der Waals surface area contributed by atoms with Crippen LogP contribution in [-0.4, -0.2) is 24.2 Å².